The number of carbonyl (C=O) groups is 2. The molecule has 0 aliphatic rings. The van der Waals surface area contributed by atoms with E-state index in [0.717, 1.165) is 0 Å². The minimum absolute atomic E-state index is 0.0409. The van der Waals surface area contributed by atoms with Gasteiger partial charge in [-0.3, -0.25) is 4.79 Å². The maximum Gasteiger partial charge on any atom is 0.355 e. The van der Waals surface area contributed by atoms with Gasteiger partial charge in [0, 0.05) is 18.8 Å². The van der Waals surface area contributed by atoms with Gasteiger partial charge in [-0.25, -0.2) is 9.78 Å². The molecule has 2 N–H and O–H groups in total. The molecule has 1 aromatic heterocycles. The minimum Gasteiger partial charge on any atom is -0.476 e. The summed E-state index contributed by atoms with van der Waals surface area (Å²) in [5.41, 5.74) is 0.0409. The predicted octanol–water partition coefficient (Wildman–Crippen LogP) is 0.991. The Bertz CT molecular complexity index is 398. The zero-order valence-corrected chi connectivity index (χ0v) is 8.87. The van der Waals surface area contributed by atoms with Gasteiger partial charge in [0.15, 0.2) is 5.69 Å². The predicted molar refractivity (Wildman–Crippen MR) is 56.8 cm³/mol. The monoisotopic (exact) mass is 226 g/mol. The summed E-state index contributed by atoms with van der Waals surface area (Å²) in [5.74, 6) is -1.14. The number of carboxylic acid groups (broad SMARTS) is 1. The Kier molecular flexibility index (Phi) is 3.99. The van der Waals surface area contributed by atoms with Crippen LogP contribution in [0, 0.1) is 0 Å². The van der Waals surface area contributed by atoms with E-state index in [-0.39, 0.29) is 11.6 Å². The summed E-state index contributed by atoms with van der Waals surface area (Å²) in [6, 6.07) is 0. The number of carboxylic acids is 1. The molecule has 0 radical (unpaired) electrons. The third kappa shape index (κ3) is 3.90. The average molecular weight is 226 g/mol. The van der Waals surface area contributed by atoms with Crippen LogP contribution < -0.4 is 5.32 Å². The second kappa shape index (κ2) is 5.26. The first-order valence-electron chi connectivity index (χ1n) is 4.19. The number of nitrogens with zero attached hydrogens (tertiary/aromatic N) is 1. The molecule has 15 heavy (non-hydrogen) atoms. The number of nitrogens with one attached hydrogen (secondary N) is 1. The summed E-state index contributed by atoms with van der Waals surface area (Å²) in [4.78, 5) is 24.9. The zero-order chi connectivity index (χ0) is 11.3. The van der Waals surface area contributed by atoms with E-state index in [1.165, 1.54) is 23.6 Å². The highest BCUT2D eigenvalue weighted by Crippen LogP contribution is 2.10. The molecule has 5 nitrogen and oxygen atoms in total. The molecule has 0 unspecified atom stereocenters. The normalized spacial score (nSPS) is 10.5. The molecular weight excluding hydrogens is 216 g/mol. The van der Waals surface area contributed by atoms with Crippen LogP contribution in [-0.2, 0) is 4.79 Å². The molecule has 0 saturated heterocycles. The van der Waals surface area contributed by atoms with Crippen LogP contribution in [-0.4, -0.2) is 28.5 Å². The second-order valence-corrected chi connectivity index (χ2v) is 3.61. The van der Waals surface area contributed by atoms with Gasteiger partial charge in [0.25, 0.3) is 0 Å². The second-order valence-electron chi connectivity index (χ2n) is 2.72. The Balaban J connectivity index is 2.50. The van der Waals surface area contributed by atoms with E-state index in [9.17, 15) is 9.59 Å². The summed E-state index contributed by atoms with van der Waals surface area (Å²) in [6.45, 7) is 1.84. The van der Waals surface area contributed by atoms with Crippen LogP contribution in [0.4, 0.5) is 0 Å². The van der Waals surface area contributed by atoms with E-state index in [0.29, 0.717) is 11.6 Å². The smallest absolute Gasteiger partial charge is 0.355 e. The van der Waals surface area contributed by atoms with Crippen LogP contribution in [0.25, 0.3) is 6.08 Å². The van der Waals surface area contributed by atoms with Gasteiger partial charge in [0.1, 0.15) is 5.01 Å². The standard InChI is InChI=1S/C9H10N2O3S/c1-6(12)10-4-2-3-8-11-7(5-15-8)9(13)14/h2-3,5H,4H2,1H3,(H,10,12)(H,13,14). The van der Waals surface area contributed by atoms with Crippen molar-refractivity contribution in [1.82, 2.24) is 10.3 Å². The van der Waals surface area contributed by atoms with Crippen LogP contribution in [0.2, 0.25) is 0 Å². The van der Waals surface area contributed by atoms with Crippen molar-refractivity contribution in [2.24, 2.45) is 0 Å². The molecule has 80 valence electrons. The van der Waals surface area contributed by atoms with Gasteiger partial charge < -0.3 is 10.4 Å². The van der Waals surface area contributed by atoms with Crippen LogP contribution in [0.15, 0.2) is 11.5 Å². The van der Waals surface area contributed by atoms with Crippen molar-refractivity contribution in [3.63, 3.8) is 0 Å². The molecule has 0 fully saturated rings. The molecule has 0 bridgehead atoms. The average Bonchev–Trinajstić information content (AvgIpc) is 2.60. The molecule has 0 aromatic carbocycles. The number of amides is 1. The van der Waals surface area contributed by atoms with Gasteiger partial charge in [0.05, 0.1) is 0 Å². The Hall–Kier alpha value is -1.69. The number of hydrogen-bond acceptors (Lipinski definition) is 4. The van der Waals surface area contributed by atoms with E-state index < -0.39 is 5.97 Å². The molecule has 1 rings (SSSR count). The first-order valence-corrected chi connectivity index (χ1v) is 5.07. The zero-order valence-electron chi connectivity index (χ0n) is 8.06. The van der Waals surface area contributed by atoms with Gasteiger partial charge >= 0.3 is 5.97 Å². The molecule has 0 atom stereocenters. The Morgan fingerprint density at radius 2 is 2.40 bits per heavy atom. The topological polar surface area (TPSA) is 79.3 Å². The SMILES string of the molecule is CC(=O)NCC=Cc1nc(C(=O)O)cs1. The molecule has 1 aromatic rings. The number of aromatic nitrogens is 1. The molecule has 6 heteroatoms. The summed E-state index contributed by atoms with van der Waals surface area (Å²) in [6.07, 6.45) is 3.39. The molecular formula is C9H10N2O3S. The van der Waals surface area contributed by atoms with Crippen LogP contribution in [0.3, 0.4) is 0 Å². The largest absolute Gasteiger partial charge is 0.476 e. The summed E-state index contributed by atoms with van der Waals surface area (Å²) >= 11 is 1.25. The van der Waals surface area contributed by atoms with Gasteiger partial charge in [-0.1, -0.05) is 6.08 Å². The van der Waals surface area contributed by atoms with E-state index >= 15 is 0 Å². The first kappa shape index (κ1) is 11.4. The lowest BCUT2D eigenvalue weighted by Crippen LogP contribution is -2.19. The van der Waals surface area contributed by atoms with E-state index in [1.54, 1.807) is 12.2 Å². The lowest BCUT2D eigenvalue weighted by molar-refractivity contribution is -0.118. The van der Waals surface area contributed by atoms with Crippen molar-refractivity contribution in [3.8, 4) is 0 Å². The Morgan fingerprint density at radius 1 is 1.67 bits per heavy atom. The van der Waals surface area contributed by atoms with Crippen molar-refractivity contribution in [2.75, 3.05) is 6.54 Å². The molecule has 0 saturated carbocycles. The summed E-state index contributed by atoms with van der Waals surface area (Å²) in [5, 5.41) is 13.3. The maximum absolute atomic E-state index is 10.5. The molecule has 1 amide bonds. The van der Waals surface area contributed by atoms with Gasteiger partial charge in [0.2, 0.25) is 5.91 Å². The number of rotatable bonds is 4. The number of hydrogen-bond donors (Lipinski definition) is 2. The molecule has 0 aliphatic carbocycles. The van der Waals surface area contributed by atoms with Crippen molar-refractivity contribution in [1.29, 1.82) is 0 Å². The Labute approximate surface area is 90.5 Å². The number of thiazole rings is 1. The van der Waals surface area contributed by atoms with E-state index in [1.807, 2.05) is 0 Å². The Morgan fingerprint density at radius 3 is 2.93 bits per heavy atom. The minimum atomic E-state index is -1.03. The maximum atomic E-state index is 10.5. The van der Waals surface area contributed by atoms with Crippen molar-refractivity contribution in [2.45, 2.75) is 6.92 Å². The van der Waals surface area contributed by atoms with Crippen molar-refractivity contribution in [3.05, 3.63) is 22.2 Å². The third-order valence-corrected chi connectivity index (χ3v) is 2.28. The van der Waals surface area contributed by atoms with Gasteiger partial charge in [-0.15, -0.1) is 11.3 Å². The van der Waals surface area contributed by atoms with Crippen LogP contribution in [0.1, 0.15) is 22.4 Å². The number of aromatic carboxylic acids is 1. The van der Waals surface area contributed by atoms with Crippen LogP contribution in [0.5, 0.6) is 0 Å². The lowest BCUT2D eigenvalue weighted by Gasteiger charge is -1.92. The lowest BCUT2D eigenvalue weighted by atomic mass is 10.4. The highest BCUT2D eigenvalue weighted by atomic mass is 32.1. The summed E-state index contributed by atoms with van der Waals surface area (Å²) in [7, 11) is 0. The van der Waals surface area contributed by atoms with Gasteiger partial charge in [-0.05, 0) is 6.08 Å². The number of carbonyl (C=O) groups excluding carboxylic acids is 1. The van der Waals surface area contributed by atoms with Crippen LogP contribution >= 0.6 is 11.3 Å². The third-order valence-electron chi connectivity index (χ3n) is 1.47. The highest BCUT2D eigenvalue weighted by Gasteiger charge is 2.05. The fraction of sp³-hybridized carbons (Fsp3) is 0.222. The molecule has 0 spiro atoms. The van der Waals surface area contributed by atoms with Crippen molar-refractivity contribution < 1.29 is 14.7 Å². The molecule has 0 aliphatic heterocycles. The summed E-state index contributed by atoms with van der Waals surface area (Å²) < 4.78 is 0. The van der Waals surface area contributed by atoms with Crippen molar-refractivity contribution >= 4 is 29.3 Å². The quantitative estimate of drug-likeness (QED) is 0.802. The van der Waals surface area contributed by atoms with Gasteiger partial charge in [-0.2, -0.15) is 0 Å². The van der Waals surface area contributed by atoms with E-state index in [2.05, 4.69) is 10.3 Å². The fourth-order valence-electron chi connectivity index (χ4n) is 0.825. The first-order chi connectivity index (χ1) is 7.09. The molecule has 1 heterocycles. The highest BCUT2D eigenvalue weighted by molar-refractivity contribution is 7.10. The fourth-order valence-corrected chi connectivity index (χ4v) is 1.54. The van der Waals surface area contributed by atoms with E-state index in [4.69, 9.17) is 5.11 Å².